The van der Waals surface area contributed by atoms with E-state index >= 15 is 0 Å². The molecule has 2 aliphatic heterocycles. The fraction of sp³-hybridized carbons (Fsp3) is 0.609. The maximum Gasteiger partial charge on any atom is 0.266 e. The summed E-state index contributed by atoms with van der Waals surface area (Å²) in [5, 5.41) is 9.48. The highest BCUT2D eigenvalue weighted by molar-refractivity contribution is 5.79. The maximum absolute atomic E-state index is 13.1. The van der Waals surface area contributed by atoms with Crippen molar-refractivity contribution in [1.82, 2.24) is 14.8 Å². The molecule has 0 aromatic carbocycles. The number of aromatic nitrogens is 1. The lowest BCUT2D eigenvalue weighted by molar-refractivity contribution is -0.138. The van der Waals surface area contributed by atoms with Gasteiger partial charge in [-0.05, 0) is 37.8 Å². The summed E-state index contributed by atoms with van der Waals surface area (Å²) in [4.78, 5) is 24.0. The van der Waals surface area contributed by atoms with Crippen molar-refractivity contribution < 1.29 is 13.6 Å². The number of nitriles is 1. The van der Waals surface area contributed by atoms with E-state index < -0.39 is 0 Å². The Morgan fingerprint density at radius 2 is 1.81 bits per heavy atom. The number of anilines is 1. The minimum absolute atomic E-state index is 0.0484. The van der Waals surface area contributed by atoms with Crippen LogP contribution in [0.5, 0.6) is 0 Å². The summed E-state index contributed by atoms with van der Waals surface area (Å²) in [6.45, 7) is 5.08. The predicted molar refractivity (Wildman–Crippen MR) is 114 cm³/mol. The molecule has 2 aromatic heterocycles. The molecule has 1 aliphatic carbocycles. The summed E-state index contributed by atoms with van der Waals surface area (Å²) in [6, 6.07) is 6.38. The van der Waals surface area contributed by atoms with Crippen LogP contribution in [0.25, 0.3) is 11.7 Å². The van der Waals surface area contributed by atoms with Crippen LogP contribution in [0.15, 0.2) is 27.2 Å². The van der Waals surface area contributed by atoms with Crippen LogP contribution in [-0.4, -0.2) is 66.0 Å². The topological polar surface area (TPSA) is 89.8 Å². The van der Waals surface area contributed by atoms with Gasteiger partial charge in [0.25, 0.3) is 5.89 Å². The highest BCUT2D eigenvalue weighted by Crippen LogP contribution is 2.32. The van der Waals surface area contributed by atoms with Crippen molar-refractivity contribution in [2.24, 2.45) is 5.92 Å². The molecule has 3 aliphatic rings. The van der Waals surface area contributed by atoms with Gasteiger partial charge in [0.1, 0.15) is 6.07 Å². The van der Waals surface area contributed by atoms with E-state index in [2.05, 4.69) is 20.9 Å². The smallest absolute Gasteiger partial charge is 0.266 e. The van der Waals surface area contributed by atoms with Crippen LogP contribution in [0.3, 0.4) is 0 Å². The van der Waals surface area contributed by atoms with Gasteiger partial charge in [0.05, 0.1) is 6.26 Å². The van der Waals surface area contributed by atoms with Gasteiger partial charge in [-0.15, -0.1) is 0 Å². The molecule has 8 heteroatoms. The van der Waals surface area contributed by atoms with Crippen LogP contribution in [-0.2, 0) is 4.79 Å². The third-order valence-corrected chi connectivity index (χ3v) is 7.05. The van der Waals surface area contributed by atoms with Gasteiger partial charge in [0.15, 0.2) is 5.76 Å². The molecule has 2 aromatic rings. The molecular formula is C23H29N5O3. The number of furan rings is 1. The molecule has 0 radical (unpaired) electrons. The first-order chi connectivity index (χ1) is 15.2. The van der Waals surface area contributed by atoms with E-state index in [-0.39, 0.29) is 11.6 Å². The molecule has 1 saturated carbocycles. The summed E-state index contributed by atoms with van der Waals surface area (Å²) in [6.07, 6.45) is 8.43. The molecule has 1 amide bonds. The summed E-state index contributed by atoms with van der Waals surface area (Å²) < 4.78 is 11.2. The molecule has 8 nitrogen and oxygen atoms in total. The maximum atomic E-state index is 13.1. The fourth-order valence-corrected chi connectivity index (χ4v) is 5.27. The zero-order valence-corrected chi connectivity index (χ0v) is 17.8. The van der Waals surface area contributed by atoms with Crippen molar-refractivity contribution >= 4 is 11.8 Å². The Bertz CT molecular complexity index is 925. The summed E-state index contributed by atoms with van der Waals surface area (Å²) in [7, 11) is 0. The third-order valence-electron chi connectivity index (χ3n) is 7.05. The summed E-state index contributed by atoms with van der Waals surface area (Å²) in [5.74, 6) is 1.64. The Hall–Kier alpha value is -2.79. The number of rotatable bonds is 4. The Labute approximate surface area is 182 Å². The first-order valence-corrected chi connectivity index (χ1v) is 11.5. The summed E-state index contributed by atoms with van der Waals surface area (Å²) in [5.41, 5.74) is 0.263. The highest BCUT2D eigenvalue weighted by atomic mass is 16.4. The van der Waals surface area contributed by atoms with Crippen molar-refractivity contribution in [3.8, 4) is 17.7 Å². The molecule has 0 spiro atoms. The van der Waals surface area contributed by atoms with Crippen LogP contribution in [0.2, 0.25) is 0 Å². The van der Waals surface area contributed by atoms with E-state index in [1.807, 2.05) is 4.90 Å². The lowest BCUT2D eigenvalue weighted by Crippen LogP contribution is -2.53. The van der Waals surface area contributed by atoms with E-state index in [9.17, 15) is 10.1 Å². The molecule has 0 N–H and O–H groups in total. The number of hydrogen-bond donors (Lipinski definition) is 0. The van der Waals surface area contributed by atoms with Crippen LogP contribution in [0.4, 0.5) is 5.88 Å². The minimum atomic E-state index is 0.0484. The van der Waals surface area contributed by atoms with E-state index in [0.29, 0.717) is 36.5 Å². The van der Waals surface area contributed by atoms with Crippen LogP contribution in [0.1, 0.15) is 44.2 Å². The second-order valence-electron chi connectivity index (χ2n) is 8.82. The monoisotopic (exact) mass is 423 g/mol. The zero-order valence-electron chi connectivity index (χ0n) is 17.8. The molecule has 0 bridgehead atoms. The van der Waals surface area contributed by atoms with Gasteiger partial charge in [-0.1, -0.05) is 12.8 Å². The molecule has 31 heavy (non-hydrogen) atoms. The number of piperazine rings is 1. The second kappa shape index (κ2) is 8.75. The van der Waals surface area contributed by atoms with Gasteiger partial charge in [-0.2, -0.15) is 10.2 Å². The molecule has 2 saturated heterocycles. The number of carbonyl (C=O) groups excluding carboxylic acids is 1. The fourth-order valence-electron chi connectivity index (χ4n) is 5.27. The average molecular weight is 424 g/mol. The van der Waals surface area contributed by atoms with Crippen molar-refractivity contribution in [2.45, 2.75) is 44.6 Å². The van der Waals surface area contributed by atoms with E-state index in [0.717, 1.165) is 45.1 Å². The molecule has 0 unspecified atom stereocenters. The van der Waals surface area contributed by atoms with Gasteiger partial charge in [0.2, 0.25) is 17.5 Å². The normalized spacial score (nSPS) is 21.5. The van der Waals surface area contributed by atoms with Crippen LogP contribution in [0, 0.1) is 17.2 Å². The van der Waals surface area contributed by atoms with Crippen molar-refractivity contribution in [3.05, 3.63) is 24.1 Å². The van der Waals surface area contributed by atoms with Crippen molar-refractivity contribution in [2.75, 3.05) is 44.2 Å². The Balaban J connectivity index is 1.16. The van der Waals surface area contributed by atoms with Gasteiger partial charge in [-0.25, -0.2) is 0 Å². The first kappa shape index (κ1) is 20.1. The van der Waals surface area contributed by atoms with Gasteiger partial charge in [0, 0.05) is 51.2 Å². The van der Waals surface area contributed by atoms with E-state index in [4.69, 9.17) is 8.83 Å². The minimum Gasteiger partial charge on any atom is -0.459 e. The molecule has 164 valence electrons. The first-order valence-electron chi connectivity index (χ1n) is 11.5. The Morgan fingerprint density at radius 3 is 2.45 bits per heavy atom. The number of hydrogen-bond acceptors (Lipinski definition) is 7. The number of oxazole rings is 1. The number of amides is 1. The molecule has 0 atom stereocenters. The lowest BCUT2D eigenvalue weighted by atomic mass is 9.95. The van der Waals surface area contributed by atoms with Crippen LogP contribution < -0.4 is 4.90 Å². The molecule has 4 heterocycles. The zero-order chi connectivity index (χ0) is 21.2. The standard InChI is InChI=1S/C23H29N5O3/c24-16-19-23(31-21(25-19)20-6-3-15-30-20)28-9-7-17(8-10-28)22(29)27-13-11-26(12-14-27)18-4-1-2-5-18/h3,6,15,17-18H,1-2,4-5,7-14H2. The number of piperidine rings is 1. The molecule has 5 rings (SSSR count). The van der Waals surface area contributed by atoms with Crippen molar-refractivity contribution in [3.63, 3.8) is 0 Å². The SMILES string of the molecule is N#Cc1nc(-c2ccco2)oc1N1CCC(C(=O)N2CCN(C3CCCC3)CC2)CC1. The largest absolute Gasteiger partial charge is 0.459 e. The van der Waals surface area contributed by atoms with E-state index in [1.54, 1.807) is 18.4 Å². The second-order valence-corrected chi connectivity index (χ2v) is 8.82. The summed E-state index contributed by atoms with van der Waals surface area (Å²) >= 11 is 0. The molecule has 3 fully saturated rings. The van der Waals surface area contributed by atoms with Gasteiger partial charge in [-0.3, -0.25) is 9.69 Å². The Kier molecular flexibility index (Phi) is 5.68. The quantitative estimate of drug-likeness (QED) is 0.746. The highest BCUT2D eigenvalue weighted by Gasteiger charge is 2.34. The van der Waals surface area contributed by atoms with Gasteiger partial charge >= 0.3 is 0 Å². The predicted octanol–water partition coefficient (Wildman–Crippen LogP) is 3.11. The van der Waals surface area contributed by atoms with Crippen LogP contribution >= 0.6 is 0 Å². The lowest BCUT2D eigenvalue weighted by Gasteiger charge is -2.40. The average Bonchev–Trinajstić information content (AvgIpc) is 3.60. The van der Waals surface area contributed by atoms with E-state index in [1.165, 1.54) is 25.7 Å². The Morgan fingerprint density at radius 1 is 1.06 bits per heavy atom. The van der Waals surface area contributed by atoms with Crippen molar-refractivity contribution in [1.29, 1.82) is 5.26 Å². The van der Waals surface area contributed by atoms with Gasteiger partial charge < -0.3 is 18.6 Å². The number of nitrogens with zero attached hydrogens (tertiary/aromatic N) is 5. The molecular weight excluding hydrogens is 394 g/mol. The number of carbonyl (C=O) groups is 1. The third kappa shape index (κ3) is 4.07.